The Morgan fingerprint density at radius 1 is 1.14 bits per heavy atom. The Kier molecular flexibility index (Phi) is 9.51. The fourth-order valence-electron chi connectivity index (χ4n) is 4.91. The number of esters is 1. The van der Waals surface area contributed by atoms with Gasteiger partial charge in [-0.1, -0.05) is 41.7 Å². The van der Waals surface area contributed by atoms with Crippen LogP contribution in [0, 0.1) is 14.9 Å². The number of carbonyl (C=O) groups excluding carboxylic acids is 1. The minimum absolute atomic E-state index is 0.195. The van der Waals surface area contributed by atoms with Gasteiger partial charge in [0.25, 0.3) is 5.56 Å². The second kappa shape index (κ2) is 13.5. The highest BCUT2D eigenvalue weighted by Gasteiger charge is 2.33. The lowest BCUT2D eigenvalue weighted by molar-refractivity contribution is -0.139. The van der Waals surface area contributed by atoms with Gasteiger partial charge >= 0.3 is 5.97 Å². The molecule has 9 nitrogen and oxygen atoms in total. The van der Waals surface area contributed by atoms with Crippen molar-refractivity contribution in [2.24, 2.45) is 4.99 Å². The van der Waals surface area contributed by atoms with Gasteiger partial charge in [-0.15, -0.1) is 0 Å². The van der Waals surface area contributed by atoms with Gasteiger partial charge in [-0.2, -0.15) is 5.26 Å². The number of methoxy groups -OCH3 is 2. The molecule has 224 valence electrons. The molecule has 11 heteroatoms. The van der Waals surface area contributed by atoms with Gasteiger partial charge in [-0.3, -0.25) is 9.36 Å². The van der Waals surface area contributed by atoms with Crippen LogP contribution < -0.4 is 29.1 Å². The maximum atomic E-state index is 14.0. The molecule has 0 bridgehead atoms. The van der Waals surface area contributed by atoms with Crippen molar-refractivity contribution in [3.63, 3.8) is 0 Å². The van der Waals surface area contributed by atoms with E-state index in [4.69, 9.17) is 18.9 Å². The predicted octanol–water partition coefficient (Wildman–Crippen LogP) is 4.87. The van der Waals surface area contributed by atoms with Crippen LogP contribution in [0.1, 0.15) is 42.1 Å². The largest absolute Gasteiger partial charge is 0.497 e. The predicted molar refractivity (Wildman–Crippen MR) is 175 cm³/mol. The van der Waals surface area contributed by atoms with Crippen molar-refractivity contribution < 1.29 is 23.7 Å². The Bertz CT molecular complexity index is 1990. The quantitative estimate of drug-likeness (QED) is 0.179. The Labute approximate surface area is 271 Å². The number of rotatable bonds is 9. The first-order valence-electron chi connectivity index (χ1n) is 13.6. The molecule has 0 saturated carbocycles. The van der Waals surface area contributed by atoms with Crippen molar-refractivity contribution in [2.75, 3.05) is 20.8 Å². The lowest BCUT2D eigenvalue weighted by atomic mass is 9.96. The summed E-state index contributed by atoms with van der Waals surface area (Å²) < 4.78 is 25.2. The van der Waals surface area contributed by atoms with Crippen LogP contribution in [0.25, 0.3) is 6.08 Å². The van der Waals surface area contributed by atoms with E-state index in [0.717, 1.165) is 20.3 Å². The minimum atomic E-state index is -0.722. The second-order valence-electron chi connectivity index (χ2n) is 9.67. The Balaban J connectivity index is 1.57. The van der Waals surface area contributed by atoms with E-state index in [2.05, 4.69) is 33.7 Å². The molecule has 5 rings (SSSR count). The zero-order chi connectivity index (χ0) is 31.4. The number of nitrogens with zero attached hydrogens (tertiary/aromatic N) is 3. The number of halogens is 1. The molecule has 0 saturated heterocycles. The molecule has 0 N–H and O–H groups in total. The smallest absolute Gasteiger partial charge is 0.338 e. The number of hydrogen-bond donors (Lipinski definition) is 0. The van der Waals surface area contributed by atoms with Gasteiger partial charge < -0.3 is 18.9 Å². The molecular formula is C33H28IN3O6S. The maximum Gasteiger partial charge on any atom is 0.338 e. The number of ether oxygens (including phenoxy) is 4. The van der Waals surface area contributed by atoms with E-state index >= 15 is 0 Å². The van der Waals surface area contributed by atoms with E-state index in [1.54, 1.807) is 63.0 Å². The molecule has 0 spiro atoms. The highest BCUT2D eigenvalue weighted by molar-refractivity contribution is 14.1. The lowest BCUT2D eigenvalue weighted by Gasteiger charge is -2.24. The number of nitriles is 1. The molecule has 0 fully saturated rings. The van der Waals surface area contributed by atoms with Crippen LogP contribution in [-0.4, -0.2) is 31.4 Å². The third-order valence-electron chi connectivity index (χ3n) is 7.01. The monoisotopic (exact) mass is 721 g/mol. The summed E-state index contributed by atoms with van der Waals surface area (Å²) in [6, 6.07) is 19.7. The number of allylic oxidation sites excluding steroid dienone is 1. The summed E-state index contributed by atoms with van der Waals surface area (Å²) in [6.45, 7) is 3.88. The molecule has 1 aliphatic heterocycles. The molecule has 0 amide bonds. The van der Waals surface area contributed by atoms with E-state index < -0.39 is 12.0 Å². The third-order valence-corrected chi connectivity index (χ3v) is 8.79. The van der Waals surface area contributed by atoms with Crippen LogP contribution >= 0.6 is 33.9 Å². The SMILES string of the molecule is CCOC(=O)C1=C(C)N=c2s/c(=C/c3cc(I)c(OCc4ccccc4C#N)c(OC)c3)c(=O)n2[C@@H]1c1ccc(OC)cc1. The molecule has 1 aromatic heterocycles. The van der Waals surface area contributed by atoms with Crippen LogP contribution in [0.15, 0.2) is 81.7 Å². The van der Waals surface area contributed by atoms with Gasteiger partial charge in [0.2, 0.25) is 0 Å². The first-order chi connectivity index (χ1) is 21.3. The van der Waals surface area contributed by atoms with Crippen LogP contribution in [0.5, 0.6) is 17.2 Å². The molecule has 4 aromatic rings. The highest BCUT2D eigenvalue weighted by Crippen LogP contribution is 2.35. The molecule has 2 heterocycles. The van der Waals surface area contributed by atoms with Crippen LogP contribution in [-0.2, 0) is 16.1 Å². The zero-order valence-corrected chi connectivity index (χ0v) is 27.4. The van der Waals surface area contributed by atoms with E-state index in [1.165, 1.54) is 11.3 Å². The van der Waals surface area contributed by atoms with Crippen molar-refractivity contribution in [3.8, 4) is 23.3 Å². The number of hydrogen-bond acceptors (Lipinski definition) is 9. The third kappa shape index (κ3) is 6.13. The Hall–Kier alpha value is -4.41. The fraction of sp³-hybridized carbons (Fsp3) is 0.212. The summed E-state index contributed by atoms with van der Waals surface area (Å²) in [5, 5.41) is 9.41. The van der Waals surface area contributed by atoms with Crippen molar-refractivity contribution in [3.05, 3.63) is 117 Å². The summed E-state index contributed by atoms with van der Waals surface area (Å²) >= 11 is 3.40. The minimum Gasteiger partial charge on any atom is -0.497 e. The van der Waals surface area contributed by atoms with E-state index in [9.17, 15) is 14.9 Å². The van der Waals surface area contributed by atoms with E-state index in [-0.39, 0.29) is 18.8 Å². The number of benzene rings is 3. The molecule has 0 radical (unpaired) electrons. The molecule has 44 heavy (non-hydrogen) atoms. The molecule has 0 unspecified atom stereocenters. The average molecular weight is 722 g/mol. The number of fused-ring (bicyclic) bond motifs is 1. The van der Waals surface area contributed by atoms with Gasteiger partial charge in [0.15, 0.2) is 16.3 Å². The Morgan fingerprint density at radius 3 is 2.57 bits per heavy atom. The first kappa shape index (κ1) is 31.0. The molecule has 1 aliphatic rings. The molecular weight excluding hydrogens is 693 g/mol. The van der Waals surface area contributed by atoms with E-state index in [1.807, 2.05) is 36.4 Å². The number of carbonyl (C=O) groups is 1. The van der Waals surface area contributed by atoms with Gasteiger partial charge in [0.1, 0.15) is 12.4 Å². The number of aromatic nitrogens is 1. The molecule has 3 aromatic carbocycles. The van der Waals surface area contributed by atoms with Gasteiger partial charge in [-0.05, 0) is 84.0 Å². The van der Waals surface area contributed by atoms with Crippen LogP contribution in [0.3, 0.4) is 0 Å². The summed E-state index contributed by atoms with van der Waals surface area (Å²) in [4.78, 5) is 32.2. The van der Waals surface area contributed by atoms with Gasteiger partial charge in [-0.25, -0.2) is 9.79 Å². The Morgan fingerprint density at radius 2 is 1.89 bits per heavy atom. The first-order valence-corrected chi connectivity index (χ1v) is 15.5. The van der Waals surface area contributed by atoms with Crippen molar-refractivity contribution in [1.29, 1.82) is 5.26 Å². The van der Waals surface area contributed by atoms with Crippen molar-refractivity contribution in [1.82, 2.24) is 4.57 Å². The summed E-state index contributed by atoms with van der Waals surface area (Å²) in [7, 11) is 3.13. The highest BCUT2D eigenvalue weighted by atomic mass is 127. The van der Waals surface area contributed by atoms with Crippen LogP contribution in [0.2, 0.25) is 0 Å². The number of thiazole rings is 1. The maximum absolute atomic E-state index is 14.0. The summed E-state index contributed by atoms with van der Waals surface area (Å²) in [6.07, 6.45) is 1.78. The molecule has 0 aliphatic carbocycles. The van der Waals surface area contributed by atoms with Crippen molar-refractivity contribution >= 4 is 46.0 Å². The van der Waals surface area contributed by atoms with E-state index in [0.29, 0.717) is 43.4 Å². The normalized spacial score (nSPS) is 14.4. The average Bonchev–Trinajstić information content (AvgIpc) is 3.33. The zero-order valence-electron chi connectivity index (χ0n) is 24.4. The summed E-state index contributed by atoms with van der Waals surface area (Å²) in [5.41, 5.74) is 3.28. The lowest BCUT2D eigenvalue weighted by Crippen LogP contribution is -2.39. The van der Waals surface area contributed by atoms with Crippen LogP contribution in [0.4, 0.5) is 0 Å². The molecule has 1 atom stereocenters. The summed E-state index contributed by atoms with van der Waals surface area (Å²) in [5.74, 6) is 1.16. The van der Waals surface area contributed by atoms with Crippen molar-refractivity contribution in [2.45, 2.75) is 26.5 Å². The van der Waals surface area contributed by atoms with Gasteiger partial charge in [0.05, 0.1) is 57.9 Å². The second-order valence-corrected chi connectivity index (χ2v) is 11.8. The fourth-order valence-corrected chi connectivity index (χ4v) is 6.74. The standard InChI is InChI=1S/C33H28IN3O6S/c1-5-42-32(39)28-19(2)36-33-37(29(28)21-10-12-24(40-3)13-11-21)31(38)27(44-33)16-20-14-25(34)30(26(15-20)41-4)43-18-23-9-7-6-8-22(23)17-35/h6-16,29H,5,18H2,1-4H3/b27-16+/t29-/m1/s1. The topological polar surface area (TPSA) is 112 Å². The van der Waals surface area contributed by atoms with Gasteiger partial charge in [0, 0.05) is 5.56 Å².